The van der Waals surface area contributed by atoms with Crippen LogP contribution in [0.4, 0.5) is 5.69 Å². The van der Waals surface area contributed by atoms with E-state index < -0.39 is 22.0 Å². The molecule has 0 fully saturated rings. The highest BCUT2D eigenvalue weighted by atomic mass is 32.2. The third-order valence-corrected chi connectivity index (χ3v) is 5.64. The summed E-state index contributed by atoms with van der Waals surface area (Å²) in [6.45, 7) is 1.78. The van der Waals surface area contributed by atoms with Crippen molar-refractivity contribution < 1.29 is 18.3 Å². The molecule has 0 aliphatic carbocycles. The molecule has 1 atom stereocenters. The van der Waals surface area contributed by atoms with E-state index in [1.165, 1.54) is 12.1 Å². The zero-order valence-corrected chi connectivity index (χ0v) is 15.4. The summed E-state index contributed by atoms with van der Waals surface area (Å²) in [4.78, 5) is 15.3. The van der Waals surface area contributed by atoms with Crippen molar-refractivity contribution in [1.29, 1.82) is 0 Å². The first-order valence-corrected chi connectivity index (χ1v) is 9.71. The number of fused-ring (bicyclic) bond motifs is 1. The molecule has 0 radical (unpaired) electrons. The van der Waals surface area contributed by atoms with Gasteiger partial charge >= 0.3 is 5.97 Å². The highest BCUT2D eigenvalue weighted by Gasteiger charge is 2.19. The van der Waals surface area contributed by atoms with E-state index in [0.29, 0.717) is 22.2 Å². The van der Waals surface area contributed by atoms with Crippen molar-refractivity contribution in [3.8, 4) is 0 Å². The second kappa shape index (κ2) is 7.34. The van der Waals surface area contributed by atoms with Crippen molar-refractivity contribution in [3.63, 3.8) is 0 Å². The summed E-state index contributed by atoms with van der Waals surface area (Å²) in [6.07, 6.45) is 1.68. The summed E-state index contributed by atoms with van der Waals surface area (Å²) in [7, 11) is -3.87. The number of sulfonamides is 1. The average Bonchev–Trinajstić information content (AvgIpc) is 2.63. The minimum absolute atomic E-state index is 0.0431. The van der Waals surface area contributed by atoms with Crippen LogP contribution < -0.4 is 10.5 Å². The molecular formula is C19H19N3O4S. The van der Waals surface area contributed by atoms with Crippen LogP contribution in [0.3, 0.4) is 0 Å². The van der Waals surface area contributed by atoms with Gasteiger partial charge in [0.05, 0.1) is 16.1 Å². The molecule has 0 aliphatic heterocycles. The average molecular weight is 385 g/mol. The number of pyridine rings is 1. The molecule has 0 saturated heterocycles. The summed E-state index contributed by atoms with van der Waals surface area (Å²) in [5.41, 5.74) is 8.04. The molecule has 8 heteroatoms. The van der Waals surface area contributed by atoms with Gasteiger partial charge in [0, 0.05) is 11.6 Å². The second-order valence-electron chi connectivity index (χ2n) is 6.22. The predicted molar refractivity (Wildman–Crippen MR) is 103 cm³/mol. The van der Waals surface area contributed by atoms with E-state index in [1.807, 2.05) is 0 Å². The minimum Gasteiger partial charge on any atom is -0.480 e. The van der Waals surface area contributed by atoms with Crippen LogP contribution in [0, 0.1) is 6.92 Å². The van der Waals surface area contributed by atoms with Crippen LogP contribution in [0.15, 0.2) is 59.6 Å². The van der Waals surface area contributed by atoms with Crippen molar-refractivity contribution in [2.45, 2.75) is 24.3 Å². The maximum absolute atomic E-state index is 12.8. The van der Waals surface area contributed by atoms with E-state index in [2.05, 4.69) is 9.71 Å². The van der Waals surface area contributed by atoms with E-state index in [9.17, 15) is 13.2 Å². The van der Waals surface area contributed by atoms with Gasteiger partial charge in [0.2, 0.25) is 0 Å². The monoisotopic (exact) mass is 385 g/mol. The summed E-state index contributed by atoms with van der Waals surface area (Å²) in [6, 6.07) is 12.2. The Morgan fingerprint density at radius 2 is 2.00 bits per heavy atom. The van der Waals surface area contributed by atoms with E-state index in [4.69, 9.17) is 10.8 Å². The number of aliphatic carboxylic acids is 1. The zero-order valence-electron chi connectivity index (χ0n) is 14.6. The smallest absolute Gasteiger partial charge is 0.320 e. The Labute approximate surface area is 156 Å². The van der Waals surface area contributed by atoms with Crippen LogP contribution in [0.5, 0.6) is 0 Å². The predicted octanol–water partition coefficient (Wildman–Crippen LogP) is 2.30. The minimum atomic E-state index is -3.87. The number of nitrogens with two attached hydrogens (primary N) is 1. The number of rotatable bonds is 6. The molecule has 1 aromatic heterocycles. The molecule has 0 aliphatic rings. The van der Waals surface area contributed by atoms with E-state index in [-0.39, 0.29) is 11.3 Å². The quantitative estimate of drug-likeness (QED) is 0.598. The van der Waals surface area contributed by atoms with Gasteiger partial charge in [-0.3, -0.25) is 14.5 Å². The van der Waals surface area contributed by atoms with Gasteiger partial charge in [-0.1, -0.05) is 12.1 Å². The topological polar surface area (TPSA) is 122 Å². The summed E-state index contributed by atoms with van der Waals surface area (Å²) >= 11 is 0. The van der Waals surface area contributed by atoms with Gasteiger partial charge in [0.1, 0.15) is 6.04 Å². The molecule has 0 unspecified atom stereocenters. The van der Waals surface area contributed by atoms with Gasteiger partial charge in [-0.15, -0.1) is 0 Å². The largest absolute Gasteiger partial charge is 0.480 e. The number of aryl methyl sites for hydroxylation is 1. The molecule has 27 heavy (non-hydrogen) atoms. The molecule has 1 heterocycles. The fourth-order valence-electron chi connectivity index (χ4n) is 2.76. The number of carbonyl (C=O) groups is 1. The number of aromatic nitrogens is 1. The Bertz CT molecular complexity index is 1110. The molecular weight excluding hydrogens is 366 g/mol. The standard InChI is InChI=1S/C19H19N3O4S/c1-12-7-8-14(10-13(12)11-16(20)19(23)24)27(25,26)22-18-6-2-5-17-15(18)4-3-9-21-17/h2-10,16,22H,11,20H2,1H3,(H,23,24)/t16-/m0/s1. The molecule has 3 aromatic rings. The fraction of sp³-hybridized carbons (Fsp3) is 0.158. The number of carboxylic acids is 1. The van der Waals surface area contributed by atoms with Gasteiger partial charge in [0.15, 0.2) is 0 Å². The van der Waals surface area contributed by atoms with Crippen LogP contribution in [-0.4, -0.2) is 30.5 Å². The van der Waals surface area contributed by atoms with Crippen LogP contribution in [0.1, 0.15) is 11.1 Å². The number of carboxylic acid groups (broad SMARTS) is 1. The lowest BCUT2D eigenvalue weighted by atomic mass is 10.0. The number of hydrogen-bond acceptors (Lipinski definition) is 5. The highest BCUT2D eigenvalue weighted by Crippen LogP contribution is 2.25. The van der Waals surface area contributed by atoms with Crippen LogP contribution in [-0.2, 0) is 21.2 Å². The van der Waals surface area contributed by atoms with Gasteiger partial charge < -0.3 is 10.8 Å². The van der Waals surface area contributed by atoms with Crippen LogP contribution in [0.25, 0.3) is 10.9 Å². The molecule has 2 aromatic carbocycles. The van der Waals surface area contributed by atoms with Crippen molar-refractivity contribution in [1.82, 2.24) is 4.98 Å². The molecule has 4 N–H and O–H groups in total. The van der Waals surface area contributed by atoms with Crippen LogP contribution >= 0.6 is 0 Å². The lowest BCUT2D eigenvalue weighted by Gasteiger charge is -2.14. The summed E-state index contributed by atoms with van der Waals surface area (Å²) in [5, 5.41) is 9.68. The van der Waals surface area contributed by atoms with Gasteiger partial charge in [-0.25, -0.2) is 8.42 Å². The van der Waals surface area contributed by atoms with Crippen molar-refractivity contribution >= 4 is 32.6 Å². The van der Waals surface area contributed by atoms with Crippen molar-refractivity contribution in [2.75, 3.05) is 4.72 Å². The summed E-state index contributed by atoms with van der Waals surface area (Å²) in [5.74, 6) is -1.14. The van der Waals surface area contributed by atoms with Gasteiger partial charge in [-0.05, 0) is 60.9 Å². The molecule has 0 saturated carbocycles. The van der Waals surface area contributed by atoms with Gasteiger partial charge in [0.25, 0.3) is 10.0 Å². The molecule has 0 amide bonds. The molecule has 0 spiro atoms. The third kappa shape index (κ3) is 4.07. The third-order valence-electron chi connectivity index (χ3n) is 4.28. The maximum Gasteiger partial charge on any atom is 0.320 e. The number of anilines is 1. The van der Waals surface area contributed by atoms with E-state index in [1.54, 1.807) is 49.5 Å². The highest BCUT2D eigenvalue weighted by molar-refractivity contribution is 7.92. The van der Waals surface area contributed by atoms with Gasteiger partial charge in [-0.2, -0.15) is 0 Å². The Morgan fingerprint density at radius 3 is 2.74 bits per heavy atom. The number of hydrogen-bond donors (Lipinski definition) is 3. The Balaban J connectivity index is 1.96. The second-order valence-corrected chi connectivity index (χ2v) is 7.90. The summed E-state index contributed by atoms with van der Waals surface area (Å²) < 4.78 is 28.3. The van der Waals surface area contributed by atoms with E-state index in [0.717, 1.165) is 5.56 Å². The SMILES string of the molecule is Cc1ccc(S(=O)(=O)Nc2cccc3ncccc23)cc1C[C@H](N)C(=O)O. The first kappa shape index (κ1) is 18.8. The van der Waals surface area contributed by atoms with Crippen molar-refractivity contribution in [2.24, 2.45) is 5.73 Å². The number of benzene rings is 2. The first-order chi connectivity index (χ1) is 12.8. The maximum atomic E-state index is 12.8. The van der Waals surface area contributed by atoms with E-state index >= 15 is 0 Å². The molecule has 3 rings (SSSR count). The first-order valence-electron chi connectivity index (χ1n) is 8.22. The fourth-order valence-corrected chi connectivity index (χ4v) is 3.89. The Kier molecular flexibility index (Phi) is 5.11. The molecule has 140 valence electrons. The zero-order chi connectivity index (χ0) is 19.6. The lowest BCUT2D eigenvalue weighted by Crippen LogP contribution is -2.32. The molecule has 0 bridgehead atoms. The number of nitrogens with zero attached hydrogens (tertiary/aromatic N) is 1. The van der Waals surface area contributed by atoms with Crippen LogP contribution in [0.2, 0.25) is 0 Å². The lowest BCUT2D eigenvalue weighted by molar-refractivity contribution is -0.138. The van der Waals surface area contributed by atoms with Crippen molar-refractivity contribution in [3.05, 3.63) is 65.9 Å². The molecule has 7 nitrogen and oxygen atoms in total. The Hall–Kier alpha value is -2.97. The Morgan fingerprint density at radius 1 is 1.22 bits per heavy atom. The number of nitrogens with one attached hydrogen (secondary N) is 1. The normalized spacial score (nSPS) is 12.7.